The molecular formula is C48H37NS. The lowest BCUT2D eigenvalue weighted by Crippen LogP contribution is -2.24. The van der Waals surface area contributed by atoms with Crippen molar-refractivity contribution < 1.29 is 0 Å². The molecule has 0 amide bonds. The molecule has 2 aliphatic rings. The monoisotopic (exact) mass is 659 g/mol. The third-order valence-electron chi connectivity index (χ3n) is 10.1. The highest BCUT2D eigenvalue weighted by molar-refractivity contribution is 7.20. The van der Waals surface area contributed by atoms with E-state index in [4.69, 9.17) is 5.41 Å². The van der Waals surface area contributed by atoms with Gasteiger partial charge in [0, 0.05) is 20.5 Å². The smallest absolute Gasteiger partial charge is 0.0819 e. The Balaban J connectivity index is 0.000000150. The predicted molar refractivity (Wildman–Crippen MR) is 214 cm³/mol. The Hall–Kier alpha value is -5.83. The summed E-state index contributed by atoms with van der Waals surface area (Å²) in [7, 11) is 0. The molecule has 1 heterocycles. The first-order valence-corrected chi connectivity index (χ1v) is 17.9. The van der Waals surface area contributed by atoms with Gasteiger partial charge in [0.05, 0.1) is 5.41 Å². The number of rotatable bonds is 3. The zero-order valence-electron chi connectivity index (χ0n) is 28.1. The third kappa shape index (κ3) is 5.03. The molecule has 0 bridgehead atoms. The van der Waals surface area contributed by atoms with E-state index in [-0.39, 0.29) is 5.41 Å². The molecular weight excluding hydrogens is 623 g/mol. The normalized spacial score (nSPS) is 14.4. The molecule has 10 rings (SSSR count). The lowest BCUT2D eigenvalue weighted by molar-refractivity contribution is 0.811. The standard InChI is InChI=1S/C28H18S.C19H16.CH3N/c1-17-9-8-15-23-25(17)18-10-2-5-13-21(18)28(23)22-14-6-3-11-19(22)26-20-12-4-7-16-24(20)29-27(26)28;1-3-8-16(9-4-1)14-17-10-7-13-19(15-17)18-11-5-2-6-12-18;1-2/h2-16H,1H3;1-13,15H,14H2;2H,1H2. The van der Waals surface area contributed by atoms with Crippen LogP contribution in [-0.2, 0) is 11.8 Å². The molecule has 1 unspecified atom stereocenters. The Morgan fingerprint density at radius 3 is 1.78 bits per heavy atom. The van der Waals surface area contributed by atoms with Crippen LogP contribution in [0.2, 0.25) is 0 Å². The molecule has 1 atom stereocenters. The minimum Gasteiger partial charge on any atom is -0.317 e. The van der Waals surface area contributed by atoms with Crippen LogP contribution in [0.25, 0.3) is 43.5 Å². The molecule has 1 N–H and O–H groups in total. The van der Waals surface area contributed by atoms with Gasteiger partial charge in [-0.15, -0.1) is 11.3 Å². The Morgan fingerprint density at radius 2 is 1.04 bits per heavy atom. The molecule has 0 fully saturated rings. The first-order chi connectivity index (χ1) is 24.7. The number of hydrogen-bond donors (Lipinski definition) is 1. The number of benzene rings is 7. The second-order valence-electron chi connectivity index (χ2n) is 12.9. The van der Waals surface area contributed by atoms with Crippen LogP contribution in [0.5, 0.6) is 0 Å². The highest BCUT2D eigenvalue weighted by Gasteiger charge is 2.53. The zero-order chi connectivity index (χ0) is 34.1. The first kappa shape index (κ1) is 31.4. The molecule has 2 aliphatic carbocycles. The van der Waals surface area contributed by atoms with E-state index >= 15 is 0 Å². The highest BCUT2D eigenvalue weighted by atomic mass is 32.1. The molecule has 1 nitrogen and oxygen atoms in total. The second-order valence-corrected chi connectivity index (χ2v) is 13.9. The van der Waals surface area contributed by atoms with Crippen molar-refractivity contribution in [3.8, 4) is 33.4 Å². The third-order valence-corrected chi connectivity index (χ3v) is 11.4. The molecule has 0 saturated heterocycles. The fraction of sp³-hybridized carbons (Fsp3) is 0.0625. The van der Waals surface area contributed by atoms with Crippen molar-refractivity contribution >= 4 is 28.1 Å². The van der Waals surface area contributed by atoms with Gasteiger partial charge in [0.25, 0.3) is 0 Å². The highest BCUT2D eigenvalue weighted by Crippen LogP contribution is 2.66. The summed E-state index contributed by atoms with van der Waals surface area (Å²) in [5.74, 6) is 0. The fourth-order valence-electron chi connectivity index (χ4n) is 8.10. The van der Waals surface area contributed by atoms with Crippen molar-refractivity contribution in [2.45, 2.75) is 18.8 Å². The van der Waals surface area contributed by atoms with E-state index < -0.39 is 0 Å². The van der Waals surface area contributed by atoms with E-state index in [9.17, 15) is 0 Å². The number of nitrogens with one attached hydrogen (secondary N) is 1. The van der Waals surface area contributed by atoms with E-state index in [1.807, 2.05) is 11.3 Å². The first-order valence-electron chi connectivity index (χ1n) is 17.1. The molecule has 2 heteroatoms. The molecule has 0 radical (unpaired) electrons. The maximum atomic E-state index is 5.50. The summed E-state index contributed by atoms with van der Waals surface area (Å²) in [5, 5.41) is 6.88. The maximum absolute atomic E-state index is 5.50. The molecule has 8 aromatic rings. The van der Waals surface area contributed by atoms with Gasteiger partial charge in [-0.2, -0.15) is 0 Å². The number of aryl methyl sites for hydroxylation is 1. The largest absolute Gasteiger partial charge is 0.317 e. The number of fused-ring (bicyclic) bond motifs is 12. The Bertz CT molecular complexity index is 2460. The lowest BCUT2D eigenvalue weighted by atomic mass is 9.74. The van der Waals surface area contributed by atoms with Gasteiger partial charge in [0.2, 0.25) is 0 Å². The maximum Gasteiger partial charge on any atom is 0.0819 e. The summed E-state index contributed by atoms with van der Waals surface area (Å²) in [6.07, 6.45) is 0.988. The molecule has 240 valence electrons. The molecule has 0 saturated carbocycles. The van der Waals surface area contributed by atoms with Gasteiger partial charge in [0.1, 0.15) is 0 Å². The van der Waals surface area contributed by atoms with Crippen molar-refractivity contribution in [2.75, 3.05) is 0 Å². The second kappa shape index (κ2) is 13.2. The average Bonchev–Trinajstić information content (AvgIpc) is 3.81. The van der Waals surface area contributed by atoms with Crippen LogP contribution in [0, 0.1) is 12.3 Å². The Morgan fingerprint density at radius 1 is 0.500 bits per heavy atom. The minimum absolute atomic E-state index is 0.201. The van der Waals surface area contributed by atoms with Gasteiger partial charge in [0.15, 0.2) is 0 Å². The summed E-state index contributed by atoms with van der Waals surface area (Å²) >= 11 is 1.97. The topological polar surface area (TPSA) is 23.9 Å². The summed E-state index contributed by atoms with van der Waals surface area (Å²) in [4.78, 5) is 1.48. The Kier molecular flexibility index (Phi) is 8.32. The van der Waals surface area contributed by atoms with Gasteiger partial charge < -0.3 is 5.41 Å². The van der Waals surface area contributed by atoms with Gasteiger partial charge in [-0.05, 0) is 87.3 Å². The number of hydrogen-bond acceptors (Lipinski definition) is 2. The molecule has 1 aromatic heterocycles. The van der Waals surface area contributed by atoms with Gasteiger partial charge in [-0.1, -0.05) is 170 Å². The molecule has 7 aromatic carbocycles. The van der Waals surface area contributed by atoms with Crippen molar-refractivity contribution in [1.29, 1.82) is 5.41 Å². The average molecular weight is 660 g/mol. The zero-order valence-corrected chi connectivity index (χ0v) is 28.9. The molecule has 1 spiro atoms. The van der Waals surface area contributed by atoms with Crippen LogP contribution in [-0.4, -0.2) is 6.72 Å². The van der Waals surface area contributed by atoms with Crippen molar-refractivity contribution in [2.24, 2.45) is 0 Å². The van der Waals surface area contributed by atoms with Crippen molar-refractivity contribution in [1.82, 2.24) is 0 Å². The summed E-state index contributed by atoms with van der Waals surface area (Å²) in [6.45, 7) is 4.75. The van der Waals surface area contributed by atoms with E-state index in [0.717, 1.165) is 6.42 Å². The van der Waals surface area contributed by atoms with Crippen molar-refractivity contribution in [3.05, 3.63) is 214 Å². The molecule has 50 heavy (non-hydrogen) atoms. The van der Waals surface area contributed by atoms with Gasteiger partial charge >= 0.3 is 0 Å². The van der Waals surface area contributed by atoms with Crippen LogP contribution in [0.1, 0.15) is 38.3 Å². The molecule has 0 aliphatic heterocycles. The quantitative estimate of drug-likeness (QED) is 0.183. The fourth-order valence-corrected chi connectivity index (χ4v) is 9.55. The number of thiophene rings is 1. The van der Waals surface area contributed by atoms with Crippen LogP contribution in [0.15, 0.2) is 176 Å². The van der Waals surface area contributed by atoms with E-state index in [1.165, 1.54) is 81.7 Å². The minimum atomic E-state index is -0.201. The van der Waals surface area contributed by atoms with E-state index in [0.29, 0.717) is 0 Å². The predicted octanol–water partition coefficient (Wildman–Crippen LogP) is 12.8. The van der Waals surface area contributed by atoms with Crippen LogP contribution in [0.4, 0.5) is 0 Å². The van der Waals surface area contributed by atoms with Crippen LogP contribution in [0.3, 0.4) is 0 Å². The van der Waals surface area contributed by atoms with Gasteiger partial charge in [-0.3, -0.25) is 0 Å². The van der Waals surface area contributed by atoms with Crippen LogP contribution >= 0.6 is 11.3 Å². The Labute approximate surface area is 298 Å². The van der Waals surface area contributed by atoms with E-state index in [2.05, 4.69) is 190 Å². The van der Waals surface area contributed by atoms with Crippen LogP contribution < -0.4 is 0 Å². The summed E-state index contributed by atoms with van der Waals surface area (Å²) < 4.78 is 1.38. The lowest BCUT2D eigenvalue weighted by Gasteiger charge is -2.29. The van der Waals surface area contributed by atoms with Gasteiger partial charge in [-0.25, -0.2) is 0 Å². The SMILES string of the molecule is C=N.Cc1cccc2c1-c1ccccc1C21c2ccccc2-c2c1sc1ccccc21.c1ccc(Cc2cccc(-c3ccccc3)c2)cc1. The van der Waals surface area contributed by atoms with E-state index in [1.54, 1.807) is 0 Å². The summed E-state index contributed by atoms with van der Waals surface area (Å²) in [5.41, 5.74) is 16.4. The summed E-state index contributed by atoms with van der Waals surface area (Å²) in [6, 6.07) is 63.8. The van der Waals surface area contributed by atoms with Crippen molar-refractivity contribution in [3.63, 3.8) is 0 Å².